The summed E-state index contributed by atoms with van der Waals surface area (Å²) in [6.45, 7) is 3.74. The lowest BCUT2D eigenvalue weighted by molar-refractivity contribution is -0.384. The van der Waals surface area contributed by atoms with E-state index < -0.39 is 0 Å². The zero-order chi connectivity index (χ0) is 17.1. The Bertz CT molecular complexity index is 749. The molecule has 1 fully saturated rings. The van der Waals surface area contributed by atoms with Gasteiger partial charge in [-0.3, -0.25) is 15.0 Å². The molecule has 0 unspecified atom stereocenters. The van der Waals surface area contributed by atoms with E-state index in [1.807, 2.05) is 17.0 Å². The highest BCUT2D eigenvalue weighted by Crippen LogP contribution is 2.31. The van der Waals surface area contributed by atoms with Gasteiger partial charge >= 0.3 is 0 Å². The Morgan fingerprint density at radius 2 is 1.92 bits per heavy atom. The summed E-state index contributed by atoms with van der Waals surface area (Å²) in [5.74, 6) is 0. The first-order chi connectivity index (χ1) is 11.5. The van der Waals surface area contributed by atoms with Crippen molar-refractivity contribution in [2.45, 2.75) is 6.54 Å². The maximum Gasteiger partial charge on any atom is 0.294 e. The van der Waals surface area contributed by atoms with Crippen LogP contribution in [0.5, 0.6) is 0 Å². The van der Waals surface area contributed by atoms with Crippen molar-refractivity contribution in [3.05, 3.63) is 62.4 Å². The van der Waals surface area contributed by atoms with Gasteiger partial charge in [-0.2, -0.15) is 0 Å². The van der Waals surface area contributed by atoms with Gasteiger partial charge in [0.1, 0.15) is 10.8 Å². The molecule has 0 aliphatic carbocycles. The summed E-state index contributed by atoms with van der Waals surface area (Å²) in [4.78, 5) is 19.2. The Kier molecular flexibility index (Phi) is 5.18. The van der Waals surface area contributed by atoms with Crippen LogP contribution in [0.2, 0.25) is 10.2 Å². The van der Waals surface area contributed by atoms with E-state index in [9.17, 15) is 10.1 Å². The average Bonchev–Trinajstić information content (AvgIpc) is 2.58. The Balaban J connectivity index is 1.67. The van der Waals surface area contributed by atoms with Gasteiger partial charge in [0.25, 0.3) is 5.69 Å². The van der Waals surface area contributed by atoms with Crippen molar-refractivity contribution >= 4 is 34.6 Å². The molecule has 2 heterocycles. The van der Waals surface area contributed by atoms with Crippen molar-refractivity contribution in [1.29, 1.82) is 0 Å². The topological polar surface area (TPSA) is 62.5 Å². The largest absolute Gasteiger partial charge is 0.363 e. The van der Waals surface area contributed by atoms with Crippen LogP contribution in [0.25, 0.3) is 0 Å². The fourth-order valence-corrected chi connectivity index (χ4v) is 3.18. The number of rotatable bonds is 4. The van der Waals surface area contributed by atoms with Crippen LogP contribution in [-0.4, -0.2) is 41.0 Å². The van der Waals surface area contributed by atoms with Crippen LogP contribution in [-0.2, 0) is 6.54 Å². The summed E-state index contributed by atoms with van der Waals surface area (Å²) < 4.78 is 0. The van der Waals surface area contributed by atoms with Gasteiger partial charge in [-0.1, -0.05) is 29.3 Å². The van der Waals surface area contributed by atoms with Crippen molar-refractivity contribution in [3.63, 3.8) is 0 Å². The number of nitro groups is 1. The van der Waals surface area contributed by atoms with Gasteiger partial charge in [0, 0.05) is 55.6 Å². The number of anilines is 1. The van der Waals surface area contributed by atoms with E-state index in [-0.39, 0.29) is 10.6 Å². The van der Waals surface area contributed by atoms with E-state index in [4.69, 9.17) is 23.2 Å². The standard InChI is InChI=1S/C16H16Cl2N4O2/c17-13-3-4-14(15(10-13)22(23)24)21-8-6-20(7-9-21)11-12-2-1-5-19-16(12)18/h1-5,10H,6-9,11H2. The Labute approximate surface area is 149 Å². The first kappa shape index (κ1) is 17.0. The minimum atomic E-state index is -0.386. The predicted octanol–water partition coefficient (Wildman–Crippen LogP) is 3.62. The van der Waals surface area contributed by atoms with Crippen LogP contribution in [0.1, 0.15) is 5.56 Å². The predicted molar refractivity (Wildman–Crippen MR) is 94.8 cm³/mol. The minimum absolute atomic E-state index is 0.0475. The van der Waals surface area contributed by atoms with E-state index in [0.717, 1.165) is 25.2 Å². The van der Waals surface area contributed by atoms with Crippen LogP contribution in [0, 0.1) is 10.1 Å². The molecule has 0 radical (unpaired) electrons. The fraction of sp³-hybridized carbons (Fsp3) is 0.312. The summed E-state index contributed by atoms with van der Waals surface area (Å²) in [5, 5.41) is 12.1. The SMILES string of the molecule is O=[N+]([O-])c1cc(Cl)ccc1N1CCN(Cc2cccnc2Cl)CC1. The molecule has 0 saturated carbocycles. The van der Waals surface area contributed by atoms with E-state index >= 15 is 0 Å². The lowest BCUT2D eigenvalue weighted by Gasteiger charge is -2.35. The number of nitro benzene ring substituents is 1. The molecule has 1 aliphatic rings. The van der Waals surface area contributed by atoms with Crippen LogP contribution in [0.3, 0.4) is 0 Å². The number of nitrogens with zero attached hydrogens (tertiary/aromatic N) is 4. The van der Waals surface area contributed by atoms with Gasteiger partial charge in [0.2, 0.25) is 0 Å². The summed E-state index contributed by atoms with van der Waals surface area (Å²) in [6, 6.07) is 8.64. The number of pyridine rings is 1. The summed E-state index contributed by atoms with van der Waals surface area (Å²) in [5.41, 5.74) is 1.65. The zero-order valence-electron chi connectivity index (χ0n) is 12.9. The number of halogens is 2. The Morgan fingerprint density at radius 3 is 2.58 bits per heavy atom. The van der Waals surface area contributed by atoms with Crippen molar-refractivity contribution < 1.29 is 4.92 Å². The summed E-state index contributed by atoms with van der Waals surface area (Å²) in [6.07, 6.45) is 1.67. The molecule has 0 amide bonds. The number of piperazine rings is 1. The van der Waals surface area contributed by atoms with Crippen molar-refractivity contribution in [2.75, 3.05) is 31.1 Å². The fourth-order valence-electron chi connectivity index (χ4n) is 2.84. The lowest BCUT2D eigenvalue weighted by Crippen LogP contribution is -2.46. The van der Waals surface area contributed by atoms with Crippen LogP contribution in [0.4, 0.5) is 11.4 Å². The molecule has 1 saturated heterocycles. The molecule has 0 bridgehead atoms. The van der Waals surface area contributed by atoms with Crippen molar-refractivity contribution in [1.82, 2.24) is 9.88 Å². The molecule has 8 heteroatoms. The molecule has 126 valence electrons. The first-order valence-corrected chi connectivity index (χ1v) is 8.31. The Morgan fingerprint density at radius 1 is 1.17 bits per heavy atom. The van der Waals surface area contributed by atoms with Crippen LogP contribution in [0.15, 0.2) is 36.5 Å². The van der Waals surface area contributed by atoms with Gasteiger partial charge in [-0.25, -0.2) is 4.98 Å². The maximum absolute atomic E-state index is 11.2. The van der Waals surface area contributed by atoms with Crippen LogP contribution < -0.4 is 4.90 Å². The number of hydrogen-bond acceptors (Lipinski definition) is 5. The van der Waals surface area contributed by atoms with Gasteiger partial charge in [-0.15, -0.1) is 0 Å². The van der Waals surface area contributed by atoms with Crippen molar-refractivity contribution in [2.24, 2.45) is 0 Å². The smallest absolute Gasteiger partial charge is 0.294 e. The molecular formula is C16H16Cl2N4O2. The minimum Gasteiger partial charge on any atom is -0.363 e. The second-order valence-electron chi connectivity index (χ2n) is 5.61. The molecule has 1 aliphatic heterocycles. The molecule has 0 N–H and O–H groups in total. The lowest BCUT2D eigenvalue weighted by atomic mass is 10.2. The zero-order valence-corrected chi connectivity index (χ0v) is 14.4. The van der Waals surface area contributed by atoms with Crippen LogP contribution >= 0.6 is 23.2 Å². The van der Waals surface area contributed by atoms with Gasteiger partial charge < -0.3 is 4.90 Å². The first-order valence-electron chi connectivity index (χ1n) is 7.55. The third-order valence-electron chi connectivity index (χ3n) is 4.08. The third-order valence-corrected chi connectivity index (χ3v) is 4.65. The molecule has 1 aromatic carbocycles. The molecule has 0 atom stereocenters. The molecule has 3 rings (SSSR count). The molecule has 6 nitrogen and oxygen atoms in total. The highest BCUT2D eigenvalue weighted by molar-refractivity contribution is 6.31. The van der Waals surface area contributed by atoms with Crippen molar-refractivity contribution in [3.8, 4) is 0 Å². The molecule has 0 spiro atoms. The molecule has 24 heavy (non-hydrogen) atoms. The molecular weight excluding hydrogens is 351 g/mol. The quantitative estimate of drug-likeness (QED) is 0.469. The van der Waals surface area contributed by atoms with Gasteiger partial charge in [-0.05, 0) is 18.2 Å². The molecule has 1 aromatic heterocycles. The Hall–Kier alpha value is -1.89. The van der Waals surface area contributed by atoms with E-state index in [2.05, 4.69) is 9.88 Å². The van der Waals surface area contributed by atoms with E-state index in [0.29, 0.717) is 29.0 Å². The highest BCUT2D eigenvalue weighted by atomic mass is 35.5. The molecule has 2 aromatic rings. The second kappa shape index (κ2) is 7.34. The summed E-state index contributed by atoms with van der Waals surface area (Å²) in [7, 11) is 0. The summed E-state index contributed by atoms with van der Waals surface area (Å²) >= 11 is 12.0. The van der Waals surface area contributed by atoms with E-state index in [1.165, 1.54) is 6.07 Å². The van der Waals surface area contributed by atoms with E-state index in [1.54, 1.807) is 18.3 Å². The van der Waals surface area contributed by atoms with Gasteiger partial charge in [0.05, 0.1) is 4.92 Å². The third kappa shape index (κ3) is 3.77. The maximum atomic E-state index is 11.2. The highest BCUT2D eigenvalue weighted by Gasteiger charge is 2.24. The average molecular weight is 367 g/mol. The number of benzene rings is 1. The van der Waals surface area contributed by atoms with Gasteiger partial charge in [0.15, 0.2) is 0 Å². The number of hydrogen-bond donors (Lipinski definition) is 0. The monoisotopic (exact) mass is 366 g/mol. The number of aromatic nitrogens is 1. The second-order valence-corrected chi connectivity index (χ2v) is 6.40. The normalized spacial score (nSPS) is 15.5.